The van der Waals surface area contributed by atoms with Crippen LogP contribution in [-0.4, -0.2) is 11.7 Å². The molecule has 0 atom stereocenters. The lowest BCUT2D eigenvalue weighted by molar-refractivity contribution is 0.558. The van der Waals surface area contributed by atoms with Crippen molar-refractivity contribution in [2.24, 2.45) is 10.9 Å². The fraction of sp³-hybridized carbons (Fsp3) is 0.444. The molecule has 0 aliphatic carbocycles. The van der Waals surface area contributed by atoms with Gasteiger partial charge in [-0.25, -0.2) is 0 Å². The van der Waals surface area contributed by atoms with E-state index in [4.69, 9.17) is 16.0 Å². The van der Waals surface area contributed by atoms with E-state index < -0.39 is 0 Å². The van der Waals surface area contributed by atoms with Crippen molar-refractivity contribution in [3.63, 3.8) is 0 Å². The first-order valence-electron chi connectivity index (χ1n) is 3.94. The van der Waals surface area contributed by atoms with Gasteiger partial charge in [-0.3, -0.25) is 4.99 Å². The van der Waals surface area contributed by atoms with E-state index in [1.165, 1.54) is 0 Å². The van der Waals surface area contributed by atoms with Gasteiger partial charge in [0.2, 0.25) is 0 Å². The third-order valence-corrected chi connectivity index (χ3v) is 1.63. The molecule has 2 nitrogen and oxygen atoms in total. The summed E-state index contributed by atoms with van der Waals surface area (Å²) in [6.45, 7) is 4.92. The Hall–Kier alpha value is -0.760. The zero-order chi connectivity index (χ0) is 8.97. The molecule has 0 aromatic carbocycles. The maximum absolute atomic E-state index is 5.85. The molecule has 1 rings (SSSR count). The number of hydrogen-bond acceptors (Lipinski definition) is 2. The van der Waals surface area contributed by atoms with E-state index in [1.807, 2.05) is 0 Å². The first-order valence-corrected chi connectivity index (χ1v) is 4.31. The van der Waals surface area contributed by atoms with E-state index in [1.54, 1.807) is 18.4 Å². The minimum absolute atomic E-state index is 0.453. The van der Waals surface area contributed by atoms with Crippen molar-refractivity contribution >= 4 is 16.8 Å². The summed E-state index contributed by atoms with van der Waals surface area (Å²) in [5.74, 6) is 1.16. The molecule has 0 bridgehead atoms. The van der Waals surface area contributed by atoms with Crippen molar-refractivity contribution in [1.82, 2.24) is 0 Å². The lowest BCUT2D eigenvalue weighted by Crippen LogP contribution is -1.96. The Morgan fingerprint density at radius 3 is 2.92 bits per heavy atom. The molecule has 0 unspecified atom stereocenters. The average molecular weight is 186 g/mol. The van der Waals surface area contributed by atoms with Crippen LogP contribution in [0.4, 0.5) is 0 Å². The number of rotatable bonds is 3. The molecule has 3 heteroatoms. The second-order valence-electron chi connectivity index (χ2n) is 3.00. The predicted molar refractivity (Wildman–Crippen MR) is 50.8 cm³/mol. The maximum atomic E-state index is 5.85. The van der Waals surface area contributed by atoms with E-state index in [2.05, 4.69) is 18.8 Å². The lowest BCUT2D eigenvalue weighted by Gasteiger charge is -1.98. The van der Waals surface area contributed by atoms with Gasteiger partial charge in [-0.05, 0) is 18.1 Å². The molecule has 0 radical (unpaired) electrons. The molecule has 66 valence electrons. The second kappa shape index (κ2) is 4.31. The van der Waals surface area contributed by atoms with Gasteiger partial charge in [0, 0.05) is 6.54 Å². The van der Waals surface area contributed by atoms with Crippen LogP contribution in [0.25, 0.3) is 0 Å². The van der Waals surface area contributed by atoms with E-state index >= 15 is 0 Å². The van der Waals surface area contributed by atoms with E-state index in [0.717, 1.165) is 6.54 Å². The minimum atomic E-state index is 0.453. The zero-order valence-corrected chi connectivity index (χ0v) is 8.01. The largest absolute Gasteiger partial charge is 0.462 e. The van der Waals surface area contributed by atoms with Gasteiger partial charge in [0.05, 0.1) is 6.26 Å². The number of furan rings is 1. The number of aliphatic imine (C=N–C) groups is 1. The summed E-state index contributed by atoms with van der Waals surface area (Å²) in [4.78, 5) is 4.15. The Bertz CT molecular complexity index is 252. The average Bonchev–Trinajstić information content (AvgIpc) is 2.51. The highest BCUT2D eigenvalue weighted by molar-refractivity contribution is 6.69. The Morgan fingerprint density at radius 1 is 1.67 bits per heavy atom. The van der Waals surface area contributed by atoms with Crippen molar-refractivity contribution in [2.75, 3.05) is 6.54 Å². The first-order chi connectivity index (χ1) is 5.70. The fourth-order valence-electron chi connectivity index (χ4n) is 0.737. The molecular weight excluding hydrogens is 174 g/mol. The molecule has 0 amide bonds. The van der Waals surface area contributed by atoms with Crippen LogP contribution in [0, 0.1) is 5.92 Å². The van der Waals surface area contributed by atoms with Crippen molar-refractivity contribution in [2.45, 2.75) is 13.8 Å². The van der Waals surface area contributed by atoms with Gasteiger partial charge in [0.15, 0.2) is 10.9 Å². The van der Waals surface area contributed by atoms with E-state index in [9.17, 15) is 0 Å². The molecule has 0 aliphatic rings. The molecule has 0 aliphatic heterocycles. The molecule has 0 spiro atoms. The Kier molecular flexibility index (Phi) is 3.35. The van der Waals surface area contributed by atoms with Gasteiger partial charge in [-0.2, -0.15) is 0 Å². The quantitative estimate of drug-likeness (QED) is 0.665. The maximum Gasteiger partial charge on any atom is 0.166 e. The number of hydrogen-bond donors (Lipinski definition) is 0. The van der Waals surface area contributed by atoms with Gasteiger partial charge in [-0.15, -0.1) is 0 Å². The monoisotopic (exact) mass is 185 g/mol. The SMILES string of the molecule is CC(C)CN=C(Cl)c1ccco1. The van der Waals surface area contributed by atoms with Gasteiger partial charge in [0.25, 0.3) is 0 Å². The highest BCUT2D eigenvalue weighted by Gasteiger charge is 2.01. The van der Waals surface area contributed by atoms with Crippen LogP contribution in [0.5, 0.6) is 0 Å². The smallest absolute Gasteiger partial charge is 0.166 e. The summed E-state index contributed by atoms with van der Waals surface area (Å²) in [6, 6.07) is 3.59. The van der Waals surface area contributed by atoms with Crippen molar-refractivity contribution in [3.05, 3.63) is 24.2 Å². The fourth-order valence-corrected chi connectivity index (χ4v) is 0.913. The summed E-state index contributed by atoms with van der Waals surface area (Å²) in [5, 5.41) is 0.453. The molecule has 0 fully saturated rings. The van der Waals surface area contributed by atoms with E-state index in [0.29, 0.717) is 16.8 Å². The van der Waals surface area contributed by atoms with Gasteiger partial charge in [-0.1, -0.05) is 25.4 Å². The van der Waals surface area contributed by atoms with Crippen molar-refractivity contribution in [1.29, 1.82) is 0 Å². The molecule has 0 saturated heterocycles. The standard InChI is InChI=1S/C9H12ClNO/c1-7(2)6-11-9(10)8-4-3-5-12-8/h3-5,7H,6H2,1-2H3. The van der Waals surface area contributed by atoms with Crippen LogP contribution in [0.2, 0.25) is 0 Å². The second-order valence-corrected chi connectivity index (χ2v) is 3.36. The van der Waals surface area contributed by atoms with Gasteiger partial charge < -0.3 is 4.42 Å². The molecule has 1 heterocycles. The van der Waals surface area contributed by atoms with E-state index in [-0.39, 0.29) is 0 Å². The van der Waals surface area contributed by atoms with Gasteiger partial charge in [0.1, 0.15) is 0 Å². The molecule has 0 saturated carbocycles. The Labute approximate surface area is 77.2 Å². The van der Waals surface area contributed by atoms with Crippen LogP contribution in [-0.2, 0) is 0 Å². The summed E-state index contributed by atoms with van der Waals surface area (Å²) < 4.78 is 5.06. The van der Waals surface area contributed by atoms with Crippen LogP contribution >= 0.6 is 11.6 Å². The van der Waals surface area contributed by atoms with Crippen LogP contribution in [0.15, 0.2) is 27.8 Å². The van der Waals surface area contributed by atoms with Crippen LogP contribution < -0.4 is 0 Å². The highest BCUT2D eigenvalue weighted by Crippen LogP contribution is 2.06. The number of nitrogens with zero attached hydrogens (tertiary/aromatic N) is 1. The van der Waals surface area contributed by atoms with Crippen molar-refractivity contribution in [3.8, 4) is 0 Å². The summed E-state index contributed by atoms with van der Waals surface area (Å²) in [5.41, 5.74) is 0. The molecular formula is C9H12ClNO. The third-order valence-electron chi connectivity index (χ3n) is 1.32. The molecule has 12 heavy (non-hydrogen) atoms. The van der Waals surface area contributed by atoms with Crippen LogP contribution in [0.3, 0.4) is 0 Å². The number of halogens is 1. The first kappa shape index (κ1) is 9.33. The Balaban J connectivity index is 2.59. The molecule has 0 N–H and O–H groups in total. The van der Waals surface area contributed by atoms with Crippen molar-refractivity contribution < 1.29 is 4.42 Å². The third kappa shape index (κ3) is 2.70. The topological polar surface area (TPSA) is 25.5 Å². The Morgan fingerprint density at radius 2 is 2.42 bits per heavy atom. The van der Waals surface area contributed by atoms with Gasteiger partial charge >= 0.3 is 0 Å². The predicted octanol–water partition coefficient (Wildman–Crippen LogP) is 2.92. The summed E-state index contributed by atoms with van der Waals surface area (Å²) in [7, 11) is 0. The normalized spacial score (nSPS) is 12.5. The highest BCUT2D eigenvalue weighted by atomic mass is 35.5. The summed E-state index contributed by atoms with van der Waals surface area (Å²) in [6.07, 6.45) is 1.59. The summed E-state index contributed by atoms with van der Waals surface area (Å²) >= 11 is 5.85. The molecule has 1 aromatic heterocycles. The minimum Gasteiger partial charge on any atom is -0.462 e. The van der Waals surface area contributed by atoms with Crippen LogP contribution in [0.1, 0.15) is 19.6 Å². The molecule has 1 aromatic rings. The zero-order valence-electron chi connectivity index (χ0n) is 7.25. The lowest BCUT2D eigenvalue weighted by atomic mass is 10.2.